The lowest BCUT2D eigenvalue weighted by Crippen LogP contribution is -2.42. The number of carboxylic acid groups (broad SMARTS) is 1. The minimum atomic E-state index is -0.946. The summed E-state index contributed by atoms with van der Waals surface area (Å²) in [6, 6.07) is 5.98. The first-order chi connectivity index (χ1) is 12.7. The predicted octanol–water partition coefficient (Wildman–Crippen LogP) is 3.18. The molecule has 0 aliphatic carbocycles. The molecule has 0 unspecified atom stereocenters. The monoisotopic (exact) mass is 375 g/mol. The Kier molecular flexibility index (Phi) is 6.36. The number of carbonyl (C=O) groups excluding carboxylic acids is 1. The fourth-order valence-electron chi connectivity index (χ4n) is 3.13. The van der Waals surface area contributed by atoms with Gasteiger partial charge in [0.15, 0.2) is 0 Å². The summed E-state index contributed by atoms with van der Waals surface area (Å²) in [5.74, 6) is -1.47. The lowest BCUT2D eigenvalue weighted by atomic mass is 9.82. The average molecular weight is 375 g/mol. The number of hydrogen-bond donors (Lipinski definition) is 2. The molecule has 2 rings (SSSR count). The van der Waals surface area contributed by atoms with Crippen molar-refractivity contribution in [1.82, 2.24) is 15.1 Å². The number of nitrogens with one attached hydrogen (secondary N) is 1. The topological polar surface area (TPSA) is 84.2 Å². The molecule has 0 bridgehead atoms. The van der Waals surface area contributed by atoms with E-state index in [0.717, 1.165) is 11.3 Å². The quantitative estimate of drug-likeness (QED) is 0.742. The van der Waals surface area contributed by atoms with Crippen molar-refractivity contribution in [2.24, 2.45) is 5.41 Å². The van der Waals surface area contributed by atoms with Crippen LogP contribution in [0.15, 0.2) is 24.3 Å². The lowest BCUT2D eigenvalue weighted by Gasteiger charge is -2.26. The molecule has 0 atom stereocenters. The van der Waals surface area contributed by atoms with Crippen LogP contribution in [0, 0.1) is 25.1 Å². The summed E-state index contributed by atoms with van der Waals surface area (Å²) in [6.45, 7) is 7.38. The SMILES string of the molecule is CCC(CC)(CNC(=O)Cc1c(C)nn(-c2ccc(F)cc2)c1C)C(=O)O. The molecule has 1 aromatic carbocycles. The molecule has 6 nitrogen and oxygen atoms in total. The van der Waals surface area contributed by atoms with Crippen LogP contribution in [0.2, 0.25) is 0 Å². The summed E-state index contributed by atoms with van der Waals surface area (Å²) in [5, 5.41) is 16.7. The number of hydrogen-bond acceptors (Lipinski definition) is 3. The van der Waals surface area contributed by atoms with Gasteiger partial charge in [-0.05, 0) is 51.0 Å². The minimum absolute atomic E-state index is 0.0956. The van der Waals surface area contributed by atoms with Gasteiger partial charge in [-0.1, -0.05) is 13.8 Å². The van der Waals surface area contributed by atoms with E-state index in [0.29, 0.717) is 24.2 Å². The maximum absolute atomic E-state index is 13.1. The molecule has 7 heteroatoms. The Morgan fingerprint density at radius 1 is 1.19 bits per heavy atom. The number of halogens is 1. The number of rotatable bonds is 8. The average Bonchev–Trinajstić information content (AvgIpc) is 2.91. The van der Waals surface area contributed by atoms with Gasteiger partial charge in [-0.25, -0.2) is 9.07 Å². The second-order valence-corrected chi connectivity index (χ2v) is 6.78. The Hall–Kier alpha value is -2.70. The highest BCUT2D eigenvalue weighted by atomic mass is 19.1. The van der Waals surface area contributed by atoms with Crippen LogP contribution in [0.5, 0.6) is 0 Å². The van der Waals surface area contributed by atoms with E-state index in [1.165, 1.54) is 12.1 Å². The zero-order chi connectivity index (χ0) is 20.2. The van der Waals surface area contributed by atoms with E-state index in [2.05, 4.69) is 10.4 Å². The minimum Gasteiger partial charge on any atom is -0.481 e. The van der Waals surface area contributed by atoms with Crippen LogP contribution in [0.3, 0.4) is 0 Å². The van der Waals surface area contributed by atoms with E-state index in [-0.39, 0.29) is 24.7 Å². The van der Waals surface area contributed by atoms with Gasteiger partial charge >= 0.3 is 5.97 Å². The highest BCUT2D eigenvalue weighted by Gasteiger charge is 2.35. The molecular formula is C20H26FN3O3. The van der Waals surface area contributed by atoms with Crippen molar-refractivity contribution in [3.8, 4) is 5.69 Å². The molecular weight excluding hydrogens is 349 g/mol. The van der Waals surface area contributed by atoms with Crippen molar-refractivity contribution < 1.29 is 19.1 Å². The zero-order valence-electron chi connectivity index (χ0n) is 16.2. The van der Waals surface area contributed by atoms with Gasteiger partial charge in [-0.3, -0.25) is 9.59 Å². The number of carbonyl (C=O) groups is 2. The van der Waals surface area contributed by atoms with Crippen molar-refractivity contribution in [3.63, 3.8) is 0 Å². The Morgan fingerprint density at radius 3 is 2.30 bits per heavy atom. The van der Waals surface area contributed by atoms with Crippen molar-refractivity contribution in [3.05, 3.63) is 47.0 Å². The van der Waals surface area contributed by atoms with Crippen LogP contribution < -0.4 is 5.32 Å². The highest BCUT2D eigenvalue weighted by molar-refractivity contribution is 5.81. The molecule has 2 aromatic rings. The second-order valence-electron chi connectivity index (χ2n) is 6.78. The number of aliphatic carboxylic acids is 1. The predicted molar refractivity (Wildman–Crippen MR) is 100 cm³/mol. The summed E-state index contributed by atoms with van der Waals surface area (Å²) in [7, 11) is 0. The van der Waals surface area contributed by atoms with Crippen LogP contribution in [-0.2, 0) is 16.0 Å². The van der Waals surface area contributed by atoms with Gasteiger partial charge < -0.3 is 10.4 Å². The standard InChI is InChI=1S/C20H26FN3O3/c1-5-20(6-2,19(26)27)12-22-18(25)11-17-13(3)23-24(14(17)4)16-9-7-15(21)8-10-16/h7-10H,5-6,11-12H2,1-4H3,(H,22,25)(H,26,27). The van der Waals surface area contributed by atoms with Gasteiger partial charge in [-0.15, -0.1) is 0 Å². The normalized spacial score (nSPS) is 11.4. The van der Waals surface area contributed by atoms with Gasteiger partial charge in [0.05, 0.1) is 23.2 Å². The summed E-state index contributed by atoms with van der Waals surface area (Å²) >= 11 is 0. The second kappa shape index (κ2) is 8.33. The van der Waals surface area contributed by atoms with Crippen LogP contribution in [-0.4, -0.2) is 33.3 Å². The number of carboxylic acids is 1. The van der Waals surface area contributed by atoms with E-state index in [1.54, 1.807) is 16.8 Å². The first kappa shape index (κ1) is 20.6. The van der Waals surface area contributed by atoms with Crippen molar-refractivity contribution in [2.45, 2.75) is 47.0 Å². The first-order valence-electron chi connectivity index (χ1n) is 9.05. The van der Waals surface area contributed by atoms with Crippen LogP contribution in [0.1, 0.15) is 43.6 Å². The highest BCUT2D eigenvalue weighted by Crippen LogP contribution is 2.26. The molecule has 0 saturated carbocycles. The smallest absolute Gasteiger partial charge is 0.311 e. The van der Waals surface area contributed by atoms with E-state index in [4.69, 9.17) is 0 Å². The fraction of sp³-hybridized carbons (Fsp3) is 0.450. The van der Waals surface area contributed by atoms with E-state index < -0.39 is 11.4 Å². The van der Waals surface area contributed by atoms with Gasteiger partial charge in [0.2, 0.25) is 5.91 Å². The largest absolute Gasteiger partial charge is 0.481 e. The number of benzene rings is 1. The number of nitrogens with zero attached hydrogens (tertiary/aromatic N) is 2. The Bertz CT molecular complexity index is 824. The van der Waals surface area contributed by atoms with Gasteiger partial charge in [0.1, 0.15) is 5.82 Å². The molecule has 146 valence electrons. The van der Waals surface area contributed by atoms with E-state index >= 15 is 0 Å². The lowest BCUT2D eigenvalue weighted by molar-refractivity contribution is -0.149. The maximum atomic E-state index is 13.1. The van der Waals surface area contributed by atoms with Crippen LogP contribution in [0.4, 0.5) is 4.39 Å². The third kappa shape index (κ3) is 4.35. The Labute approximate surface area is 158 Å². The number of aryl methyl sites for hydroxylation is 1. The summed E-state index contributed by atoms with van der Waals surface area (Å²) in [4.78, 5) is 24.0. The molecule has 1 aromatic heterocycles. The molecule has 2 N–H and O–H groups in total. The van der Waals surface area contributed by atoms with Crippen LogP contribution >= 0.6 is 0 Å². The van der Waals surface area contributed by atoms with Gasteiger partial charge in [-0.2, -0.15) is 5.10 Å². The summed E-state index contributed by atoms with van der Waals surface area (Å²) < 4.78 is 14.8. The van der Waals surface area contributed by atoms with Gasteiger partial charge in [0, 0.05) is 17.8 Å². The van der Waals surface area contributed by atoms with Gasteiger partial charge in [0.25, 0.3) is 0 Å². The zero-order valence-corrected chi connectivity index (χ0v) is 16.2. The molecule has 0 saturated heterocycles. The Balaban J connectivity index is 2.14. The molecule has 1 amide bonds. The maximum Gasteiger partial charge on any atom is 0.311 e. The molecule has 0 aliphatic rings. The number of amides is 1. The first-order valence-corrected chi connectivity index (χ1v) is 9.05. The number of aromatic nitrogens is 2. The molecule has 1 heterocycles. The van der Waals surface area contributed by atoms with Crippen molar-refractivity contribution in [2.75, 3.05) is 6.54 Å². The molecule has 0 radical (unpaired) electrons. The third-order valence-electron chi connectivity index (χ3n) is 5.28. The summed E-state index contributed by atoms with van der Waals surface area (Å²) in [6.07, 6.45) is 1.00. The fourth-order valence-corrected chi connectivity index (χ4v) is 3.13. The van der Waals surface area contributed by atoms with Crippen molar-refractivity contribution >= 4 is 11.9 Å². The molecule has 0 fully saturated rings. The summed E-state index contributed by atoms with van der Waals surface area (Å²) in [5.41, 5.74) is 2.06. The third-order valence-corrected chi connectivity index (χ3v) is 5.28. The Morgan fingerprint density at radius 2 is 1.78 bits per heavy atom. The molecule has 0 spiro atoms. The van der Waals surface area contributed by atoms with Crippen molar-refractivity contribution in [1.29, 1.82) is 0 Å². The molecule has 27 heavy (non-hydrogen) atoms. The molecule has 0 aliphatic heterocycles. The van der Waals surface area contributed by atoms with Crippen LogP contribution in [0.25, 0.3) is 5.69 Å². The van der Waals surface area contributed by atoms with E-state index in [1.807, 2.05) is 27.7 Å². The van der Waals surface area contributed by atoms with E-state index in [9.17, 15) is 19.1 Å².